The van der Waals surface area contributed by atoms with Gasteiger partial charge in [-0.15, -0.1) is 0 Å². The van der Waals surface area contributed by atoms with Crippen molar-refractivity contribution in [1.82, 2.24) is 0 Å². The van der Waals surface area contributed by atoms with Crippen LogP contribution >= 0.6 is 0 Å². The molecule has 1 aliphatic rings. The SMILES string of the molecule is CC1(CO)Cc2ccccc2N1Cc1ccc(CO)cc1. The summed E-state index contributed by atoms with van der Waals surface area (Å²) in [6.07, 6.45) is 0.869. The van der Waals surface area contributed by atoms with Crippen molar-refractivity contribution in [3.8, 4) is 0 Å². The summed E-state index contributed by atoms with van der Waals surface area (Å²) in [4.78, 5) is 2.29. The van der Waals surface area contributed by atoms with Crippen LogP contribution < -0.4 is 4.90 Å². The highest BCUT2D eigenvalue weighted by molar-refractivity contribution is 5.61. The predicted molar refractivity (Wildman–Crippen MR) is 84.2 cm³/mol. The van der Waals surface area contributed by atoms with Crippen molar-refractivity contribution in [1.29, 1.82) is 0 Å². The summed E-state index contributed by atoms with van der Waals surface area (Å²) < 4.78 is 0. The van der Waals surface area contributed by atoms with Crippen LogP contribution in [0.5, 0.6) is 0 Å². The zero-order valence-corrected chi connectivity index (χ0v) is 12.3. The van der Waals surface area contributed by atoms with Crippen LogP contribution in [0.2, 0.25) is 0 Å². The molecule has 0 fully saturated rings. The van der Waals surface area contributed by atoms with Crippen molar-refractivity contribution in [2.45, 2.75) is 32.0 Å². The number of benzene rings is 2. The van der Waals surface area contributed by atoms with E-state index in [9.17, 15) is 5.11 Å². The molecule has 0 spiro atoms. The highest BCUT2D eigenvalue weighted by atomic mass is 16.3. The molecule has 2 aromatic carbocycles. The number of para-hydroxylation sites is 1. The molecule has 0 aromatic heterocycles. The molecule has 2 N–H and O–H groups in total. The van der Waals surface area contributed by atoms with Crippen molar-refractivity contribution < 1.29 is 10.2 Å². The lowest BCUT2D eigenvalue weighted by Gasteiger charge is -2.36. The quantitative estimate of drug-likeness (QED) is 0.906. The van der Waals surface area contributed by atoms with E-state index < -0.39 is 0 Å². The second-order valence-corrected chi connectivity index (χ2v) is 6.02. The van der Waals surface area contributed by atoms with Crippen LogP contribution in [0.1, 0.15) is 23.6 Å². The lowest BCUT2D eigenvalue weighted by Crippen LogP contribution is -2.46. The smallest absolute Gasteiger partial charge is 0.0681 e. The van der Waals surface area contributed by atoms with Crippen molar-refractivity contribution in [2.75, 3.05) is 11.5 Å². The lowest BCUT2D eigenvalue weighted by atomic mass is 9.97. The van der Waals surface area contributed by atoms with Gasteiger partial charge in [0, 0.05) is 12.2 Å². The van der Waals surface area contributed by atoms with Gasteiger partial charge in [-0.1, -0.05) is 42.5 Å². The van der Waals surface area contributed by atoms with Crippen LogP contribution in [-0.2, 0) is 19.6 Å². The van der Waals surface area contributed by atoms with E-state index in [1.165, 1.54) is 16.8 Å². The average Bonchev–Trinajstić information content (AvgIpc) is 2.81. The van der Waals surface area contributed by atoms with Gasteiger partial charge in [-0.3, -0.25) is 0 Å². The number of aliphatic hydroxyl groups excluding tert-OH is 2. The second kappa shape index (κ2) is 5.51. The van der Waals surface area contributed by atoms with E-state index in [0.717, 1.165) is 18.5 Å². The molecule has 3 rings (SSSR count). The third-order valence-corrected chi connectivity index (χ3v) is 4.39. The van der Waals surface area contributed by atoms with Gasteiger partial charge >= 0.3 is 0 Å². The highest BCUT2D eigenvalue weighted by Gasteiger charge is 2.38. The zero-order valence-electron chi connectivity index (χ0n) is 12.3. The van der Waals surface area contributed by atoms with Crippen LogP contribution in [0.15, 0.2) is 48.5 Å². The van der Waals surface area contributed by atoms with E-state index in [1.807, 2.05) is 30.3 Å². The van der Waals surface area contributed by atoms with Gasteiger partial charge in [-0.05, 0) is 36.1 Å². The molecule has 0 bridgehead atoms. The molecule has 1 heterocycles. The van der Waals surface area contributed by atoms with Gasteiger partial charge < -0.3 is 15.1 Å². The van der Waals surface area contributed by atoms with Gasteiger partial charge in [-0.25, -0.2) is 0 Å². The van der Waals surface area contributed by atoms with Crippen LogP contribution in [0.4, 0.5) is 5.69 Å². The lowest BCUT2D eigenvalue weighted by molar-refractivity contribution is 0.204. The average molecular weight is 283 g/mol. The van der Waals surface area contributed by atoms with Crippen molar-refractivity contribution in [2.24, 2.45) is 0 Å². The molecule has 1 atom stereocenters. The fourth-order valence-corrected chi connectivity index (χ4v) is 3.07. The Morgan fingerprint density at radius 3 is 2.33 bits per heavy atom. The minimum Gasteiger partial charge on any atom is -0.394 e. The maximum Gasteiger partial charge on any atom is 0.0681 e. The number of anilines is 1. The van der Waals surface area contributed by atoms with E-state index in [2.05, 4.69) is 30.0 Å². The molecule has 21 heavy (non-hydrogen) atoms. The molecule has 3 heteroatoms. The number of aliphatic hydroxyl groups is 2. The number of nitrogens with zero attached hydrogens (tertiary/aromatic N) is 1. The maximum atomic E-state index is 9.85. The van der Waals surface area contributed by atoms with Crippen molar-refractivity contribution in [3.05, 3.63) is 65.2 Å². The van der Waals surface area contributed by atoms with E-state index in [1.54, 1.807) is 0 Å². The van der Waals surface area contributed by atoms with Gasteiger partial charge in [0.05, 0.1) is 18.8 Å². The minimum absolute atomic E-state index is 0.0706. The largest absolute Gasteiger partial charge is 0.394 e. The number of rotatable bonds is 4. The first-order valence-electron chi connectivity index (χ1n) is 7.31. The summed E-state index contributed by atoms with van der Waals surface area (Å²) in [5, 5.41) is 19.0. The normalized spacial score (nSPS) is 20.6. The Balaban J connectivity index is 1.91. The molecule has 3 nitrogen and oxygen atoms in total. The summed E-state index contributed by atoms with van der Waals surface area (Å²) in [5.41, 5.74) is 4.36. The molecule has 1 unspecified atom stereocenters. The molecule has 0 saturated carbocycles. The first-order chi connectivity index (χ1) is 10.2. The molecular weight excluding hydrogens is 262 g/mol. The molecule has 0 amide bonds. The Morgan fingerprint density at radius 1 is 1.00 bits per heavy atom. The first-order valence-corrected chi connectivity index (χ1v) is 7.31. The Kier molecular flexibility index (Phi) is 3.70. The Hall–Kier alpha value is -1.84. The number of fused-ring (bicyclic) bond motifs is 1. The van der Waals surface area contributed by atoms with E-state index in [4.69, 9.17) is 5.11 Å². The summed E-state index contributed by atoms with van der Waals surface area (Å²) in [6.45, 7) is 3.08. The molecule has 110 valence electrons. The summed E-state index contributed by atoms with van der Waals surface area (Å²) in [6, 6.07) is 16.4. The maximum absolute atomic E-state index is 9.85. The van der Waals surface area contributed by atoms with E-state index >= 15 is 0 Å². The van der Waals surface area contributed by atoms with Crippen LogP contribution in [0.25, 0.3) is 0 Å². The fraction of sp³-hybridized carbons (Fsp3) is 0.333. The molecule has 0 aliphatic carbocycles. The van der Waals surface area contributed by atoms with Gasteiger partial charge in [0.25, 0.3) is 0 Å². The van der Waals surface area contributed by atoms with Gasteiger partial charge in [-0.2, -0.15) is 0 Å². The van der Waals surface area contributed by atoms with Gasteiger partial charge in [0.1, 0.15) is 0 Å². The minimum atomic E-state index is -0.251. The zero-order chi connectivity index (χ0) is 14.9. The Morgan fingerprint density at radius 2 is 1.67 bits per heavy atom. The van der Waals surface area contributed by atoms with Crippen LogP contribution in [0.3, 0.4) is 0 Å². The van der Waals surface area contributed by atoms with Crippen LogP contribution in [-0.4, -0.2) is 22.4 Å². The van der Waals surface area contributed by atoms with Crippen molar-refractivity contribution >= 4 is 5.69 Å². The topological polar surface area (TPSA) is 43.7 Å². The summed E-state index contributed by atoms with van der Waals surface area (Å²) in [7, 11) is 0. The van der Waals surface area contributed by atoms with E-state index in [0.29, 0.717) is 0 Å². The Bertz CT molecular complexity index is 623. The van der Waals surface area contributed by atoms with Gasteiger partial charge in [0.2, 0.25) is 0 Å². The molecule has 1 aliphatic heterocycles. The number of hydrogen-bond acceptors (Lipinski definition) is 3. The van der Waals surface area contributed by atoms with E-state index in [-0.39, 0.29) is 18.8 Å². The molecule has 0 saturated heterocycles. The predicted octanol–water partition coefficient (Wildman–Crippen LogP) is 2.49. The van der Waals surface area contributed by atoms with Crippen LogP contribution in [0, 0.1) is 0 Å². The fourth-order valence-electron chi connectivity index (χ4n) is 3.07. The molecule has 2 aromatic rings. The summed E-state index contributed by atoms with van der Waals surface area (Å²) >= 11 is 0. The third-order valence-electron chi connectivity index (χ3n) is 4.39. The van der Waals surface area contributed by atoms with Crippen molar-refractivity contribution in [3.63, 3.8) is 0 Å². The van der Waals surface area contributed by atoms with Gasteiger partial charge in [0.15, 0.2) is 0 Å². The standard InChI is InChI=1S/C18H21NO2/c1-18(13-21)10-16-4-2-3-5-17(16)19(18)11-14-6-8-15(12-20)9-7-14/h2-9,20-21H,10-13H2,1H3. The number of hydrogen-bond donors (Lipinski definition) is 2. The third kappa shape index (κ3) is 2.55. The summed E-state index contributed by atoms with van der Waals surface area (Å²) in [5.74, 6) is 0. The highest BCUT2D eigenvalue weighted by Crippen LogP contribution is 2.39. The molecule has 0 radical (unpaired) electrons. The molecular formula is C18H21NO2. The Labute approximate surface area is 125 Å². The monoisotopic (exact) mass is 283 g/mol. The first kappa shape index (κ1) is 14.1. The second-order valence-electron chi connectivity index (χ2n) is 6.02.